The van der Waals surface area contributed by atoms with Crippen LogP contribution in [0.15, 0.2) is 65.1 Å². The van der Waals surface area contributed by atoms with E-state index in [9.17, 15) is 9.65 Å². The van der Waals surface area contributed by atoms with E-state index in [0.29, 0.717) is 5.01 Å². The first-order chi connectivity index (χ1) is 11.3. The average molecular weight is 322 g/mol. The lowest BCUT2D eigenvalue weighted by Gasteiger charge is -2.01. The number of anilines is 1. The Bertz CT molecular complexity index is 881. The summed E-state index contributed by atoms with van der Waals surface area (Å²) in [6, 6.07) is 17.8. The number of nitrogens with one attached hydrogen (secondary N) is 1. The number of halogens is 1. The third-order valence-corrected chi connectivity index (χ3v) is 3.89. The van der Waals surface area contributed by atoms with Crippen molar-refractivity contribution in [3.8, 4) is 17.3 Å². The Morgan fingerprint density at radius 2 is 1.87 bits per heavy atom. The molecule has 1 N–H and O–H groups in total. The Kier molecular flexibility index (Phi) is 4.41. The molecule has 1 aromatic heterocycles. The van der Waals surface area contributed by atoms with Gasteiger partial charge in [0.25, 0.3) is 0 Å². The number of para-hydroxylation sites is 1. The van der Waals surface area contributed by atoms with Crippen LogP contribution in [0, 0.1) is 17.1 Å². The van der Waals surface area contributed by atoms with E-state index in [0.717, 1.165) is 11.3 Å². The maximum Gasteiger partial charge on any atom is 0.196 e. The molecule has 0 spiro atoms. The third-order valence-electron chi connectivity index (χ3n) is 3.04. The zero-order valence-corrected chi connectivity index (χ0v) is 12.7. The van der Waals surface area contributed by atoms with Gasteiger partial charge in [0.1, 0.15) is 11.9 Å². The molecule has 0 bridgehead atoms. The summed E-state index contributed by atoms with van der Waals surface area (Å²) in [4.78, 5) is 4.42. The van der Waals surface area contributed by atoms with Crippen LogP contribution < -0.4 is 5.43 Å². The standard InChI is InChI=1S/C17H11FN4S/c18-13-8-4-5-9-14(13)21-22-15(10-19)17-20-16(11-23-17)12-6-2-1-3-7-12/h1-9,11,21H/b22-15+. The van der Waals surface area contributed by atoms with Gasteiger partial charge in [-0.25, -0.2) is 9.37 Å². The van der Waals surface area contributed by atoms with E-state index in [1.54, 1.807) is 18.2 Å². The molecule has 23 heavy (non-hydrogen) atoms. The van der Waals surface area contributed by atoms with Crippen LogP contribution in [0.4, 0.5) is 10.1 Å². The highest BCUT2D eigenvalue weighted by molar-refractivity contribution is 7.12. The SMILES string of the molecule is N#C/C(=N\Nc1ccccc1F)c1nc(-c2ccccc2)cs1. The summed E-state index contributed by atoms with van der Waals surface area (Å²) in [5.74, 6) is -0.433. The van der Waals surface area contributed by atoms with Gasteiger partial charge in [0, 0.05) is 10.9 Å². The fraction of sp³-hybridized carbons (Fsp3) is 0. The van der Waals surface area contributed by atoms with Crippen molar-refractivity contribution in [1.82, 2.24) is 4.98 Å². The first-order valence-corrected chi connectivity index (χ1v) is 7.65. The quantitative estimate of drug-likeness (QED) is 0.576. The molecule has 0 radical (unpaired) electrons. The highest BCUT2D eigenvalue weighted by Gasteiger charge is 2.10. The lowest BCUT2D eigenvalue weighted by atomic mass is 10.2. The van der Waals surface area contributed by atoms with Gasteiger partial charge in [0.15, 0.2) is 10.7 Å². The fourth-order valence-electron chi connectivity index (χ4n) is 1.91. The Balaban J connectivity index is 1.85. The molecule has 3 rings (SSSR count). The monoisotopic (exact) mass is 322 g/mol. The van der Waals surface area contributed by atoms with Crippen molar-refractivity contribution in [2.75, 3.05) is 5.43 Å². The number of thiazole rings is 1. The van der Waals surface area contributed by atoms with Crippen molar-refractivity contribution in [3.05, 3.63) is 70.8 Å². The Morgan fingerprint density at radius 3 is 2.61 bits per heavy atom. The molecule has 0 amide bonds. The van der Waals surface area contributed by atoms with Crippen molar-refractivity contribution in [1.29, 1.82) is 5.26 Å². The number of rotatable bonds is 4. The van der Waals surface area contributed by atoms with Crippen LogP contribution in [0.25, 0.3) is 11.3 Å². The molecule has 6 heteroatoms. The second kappa shape index (κ2) is 6.81. The second-order valence-corrected chi connectivity index (χ2v) is 5.43. The molecule has 0 aliphatic heterocycles. The lowest BCUT2D eigenvalue weighted by molar-refractivity contribution is 0.630. The van der Waals surface area contributed by atoms with Crippen LogP contribution in [0.3, 0.4) is 0 Å². The van der Waals surface area contributed by atoms with Crippen LogP contribution in [0.2, 0.25) is 0 Å². The molecule has 0 unspecified atom stereocenters. The molecular formula is C17H11FN4S. The van der Waals surface area contributed by atoms with Gasteiger partial charge in [-0.05, 0) is 12.1 Å². The minimum absolute atomic E-state index is 0.112. The Hall–Kier alpha value is -3.04. The van der Waals surface area contributed by atoms with Crippen LogP contribution >= 0.6 is 11.3 Å². The van der Waals surface area contributed by atoms with E-state index < -0.39 is 5.82 Å². The zero-order chi connectivity index (χ0) is 16.1. The van der Waals surface area contributed by atoms with Crippen molar-refractivity contribution < 1.29 is 4.39 Å². The van der Waals surface area contributed by atoms with Crippen molar-refractivity contribution in [2.24, 2.45) is 5.10 Å². The first kappa shape index (κ1) is 14.9. The first-order valence-electron chi connectivity index (χ1n) is 6.77. The predicted octanol–water partition coefficient (Wildman–Crippen LogP) is 4.29. The molecule has 2 aromatic carbocycles. The van der Waals surface area contributed by atoms with Crippen LogP contribution in [0.1, 0.15) is 5.01 Å². The highest BCUT2D eigenvalue weighted by Crippen LogP contribution is 2.22. The van der Waals surface area contributed by atoms with Gasteiger partial charge in [-0.2, -0.15) is 10.4 Å². The van der Waals surface area contributed by atoms with Gasteiger partial charge in [-0.3, -0.25) is 5.43 Å². The number of benzene rings is 2. The Labute approximate surface area is 136 Å². The molecule has 1 heterocycles. The average Bonchev–Trinajstić information content (AvgIpc) is 3.08. The topological polar surface area (TPSA) is 61.1 Å². The van der Waals surface area contributed by atoms with E-state index in [2.05, 4.69) is 15.5 Å². The largest absolute Gasteiger partial charge is 0.274 e. The summed E-state index contributed by atoms with van der Waals surface area (Å²) in [6.07, 6.45) is 0. The molecule has 0 atom stereocenters. The molecule has 112 valence electrons. The van der Waals surface area contributed by atoms with Gasteiger partial charge in [0.05, 0.1) is 11.4 Å². The summed E-state index contributed by atoms with van der Waals surface area (Å²) >= 11 is 1.32. The highest BCUT2D eigenvalue weighted by atomic mass is 32.1. The van der Waals surface area contributed by atoms with Gasteiger partial charge in [-0.1, -0.05) is 42.5 Å². The fourth-order valence-corrected chi connectivity index (χ4v) is 2.68. The summed E-state index contributed by atoms with van der Waals surface area (Å²) < 4.78 is 13.5. The predicted molar refractivity (Wildman–Crippen MR) is 89.7 cm³/mol. The van der Waals surface area contributed by atoms with Gasteiger partial charge >= 0.3 is 0 Å². The van der Waals surface area contributed by atoms with E-state index in [1.807, 2.05) is 41.8 Å². The number of hydrazone groups is 1. The molecule has 0 aliphatic carbocycles. The second-order valence-electron chi connectivity index (χ2n) is 4.57. The molecule has 0 aliphatic rings. The number of nitriles is 1. The van der Waals surface area contributed by atoms with Crippen molar-refractivity contribution in [2.45, 2.75) is 0 Å². The zero-order valence-electron chi connectivity index (χ0n) is 11.9. The van der Waals surface area contributed by atoms with Crippen LogP contribution in [0.5, 0.6) is 0 Å². The van der Waals surface area contributed by atoms with Crippen LogP contribution in [-0.2, 0) is 0 Å². The summed E-state index contributed by atoms with van der Waals surface area (Å²) in [6.45, 7) is 0. The molecule has 0 fully saturated rings. The molecular weight excluding hydrogens is 311 g/mol. The minimum atomic E-state index is -0.433. The van der Waals surface area contributed by atoms with Crippen molar-refractivity contribution >= 4 is 22.7 Å². The normalized spacial score (nSPS) is 11.0. The summed E-state index contributed by atoms with van der Waals surface area (Å²) in [5, 5.41) is 15.6. The number of aromatic nitrogens is 1. The van der Waals surface area contributed by atoms with E-state index in [-0.39, 0.29) is 11.4 Å². The van der Waals surface area contributed by atoms with E-state index in [4.69, 9.17) is 0 Å². The number of hydrogen-bond acceptors (Lipinski definition) is 5. The van der Waals surface area contributed by atoms with E-state index in [1.165, 1.54) is 17.4 Å². The summed E-state index contributed by atoms with van der Waals surface area (Å²) in [7, 11) is 0. The number of hydrogen-bond donors (Lipinski definition) is 1. The molecule has 4 nitrogen and oxygen atoms in total. The lowest BCUT2D eigenvalue weighted by Crippen LogP contribution is -2.02. The van der Waals surface area contributed by atoms with Crippen molar-refractivity contribution in [3.63, 3.8) is 0 Å². The molecule has 3 aromatic rings. The van der Waals surface area contributed by atoms with Gasteiger partial charge < -0.3 is 0 Å². The summed E-state index contributed by atoms with van der Waals surface area (Å²) in [5.41, 5.74) is 4.63. The Morgan fingerprint density at radius 1 is 1.13 bits per heavy atom. The van der Waals surface area contributed by atoms with Gasteiger partial charge in [0.2, 0.25) is 0 Å². The maximum atomic E-state index is 13.5. The smallest absolute Gasteiger partial charge is 0.196 e. The van der Waals surface area contributed by atoms with Crippen LogP contribution in [-0.4, -0.2) is 10.7 Å². The van der Waals surface area contributed by atoms with Gasteiger partial charge in [-0.15, -0.1) is 11.3 Å². The van der Waals surface area contributed by atoms with E-state index >= 15 is 0 Å². The third kappa shape index (κ3) is 3.42. The molecule has 0 saturated heterocycles. The molecule has 0 saturated carbocycles. The number of nitrogens with zero attached hydrogens (tertiary/aromatic N) is 3. The maximum absolute atomic E-state index is 13.5. The minimum Gasteiger partial charge on any atom is -0.274 e.